The van der Waals surface area contributed by atoms with Crippen molar-refractivity contribution in [2.75, 3.05) is 5.32 Å². The Morgan fingerprint density at radius 3 is 2.71 bits per heavy atom. The van der Waals surface area contributed by atoms with E-state index in [0.29, 0.717) is 11.9 Å². The average Bonchev–Trinajstić information content (AvgIpc) is 2.80. The number of benzene rings is 2. The number of halogens is 1. The van der Waals surface area contributed by atoms with Crippen LogP contribution in [0.5, 0.6) is 0 Å². The third-order valence-electron chi connectivity index (χ3n) is 3.36. The van der Waals surface area contributed by atoms with Gasteiger partial charge in [0.2, 0.25) is 0 Å². The van der Waals surface area contributed by atoms with E-state index >= 15 is 0 Å². The van der Waals surface area contributed by atoms with Crippen molar-refractivity contribution >= 4 is 32.7 Å². The summed E-state index contributed by atoms with van der Waals surface area (Å²) in [4.78, 5) is 4.36. The molecule has 1 unspecified atom stereocenters. The predicted octanol–water partition coefficient (Wildman–Crippen LogP) is 4.94. The van der Waals surface area contributed by atoms with Crippen LogP contribution in [0.25, 0.3) is 11.1 Å². The van der Waals surface area contributed by atoms with Crippen LogP contribution in [0.15, 0.2) is 51.4 Å². The summed E-state index contributed by atoms with van der Waals surface area (Å²) in [5.41, 5.74) is 4.11. The first-order chi connectivity index (χ1) is 10.1. The van der Waals surface area contributed by atoms with E-state index in [9.17, 15) is 0 Å². The maximum absolute atomic E-state index is 5.49. The normalized spacial score (nSPS) is 12.5. The molecule has 2 aromatic carbocycles. The van der Waals surface area contributed by atoms with Crippen LogP contribution < -0.4 is 5.32 Å². The molecule has 0 aliphatic heterocycles. The molecule has 3 aromatic rings. The van der Waals surface area contributed by atoms with Gasteiger partial charge in [-0.1, -0.05) is 28.1 Å². The molecule has 1 aromatic heterocycles. The fourth-order valence-electron chi connectivity index (χ4n) is 2.44. The molecule has 0 radical (unpaired) electrons. The van der Waals surface area contributed by atoms with Gasteiger partial charge < -0.3 is 9.73 Å². The molecule has 4 heteroatoms. The number of hydrogen-bond donors (Lipinski definition) is 1. The van der Waals surface area contributed by atoms with Crippen molar-refractivity contribution in [2.45, 2.75) is 26.3 Å². The Balaban J connectivity index is 1.70. The van der Waals surface area contributed by atoms with Crippen LogP contribution in [-0.2, 0) is 6.42 Å². The van der Waals surface area contributed by atoms with Gasteiger partial charge in [0.05, 0.1) is 0 Å². The maximum Gasteiger partial charge on any atom is 0.192 e. The first-order valence-electron chi connectivity index (χ1n) is 6.98. The topological polar surface area (TPSA) is 38.1 Å². The lowest BCUT2D eigenvalue weighted by Gasteiger charge is -2.15. The van der Waals surface area contributed by atoms with Crippen molar-refractivity contribution in [2.24, 2.45) is 0 Å². The summed E-state index contributed by atoms with van der Waals surface area (Å²) in [6.45, 7) is 4.05. The highest BCUT2D eigenvalue weighted by molar-refractivity contribution is 9.10. The fraction of sp³-hybridized carbons (Fsp3) is 0.235. The number of aromatic nitrogens is 1. The minimum atomic E-state index is 0.344. The summed E-state index contributed by atoms with van der Waals surface area (Å²) in [5.74, 6) is 0.699. The number of aryl methyl sites for hydroxylation is 1. The van der Waals surface area contributed by atoms with Crippen LogP contribution in [0.4, 0.5) is 5.69 Å². The van der Waals surface area contributed by atoms with Crippen molar-refractivity contribution in [3.63, 3.8) is 0 Å². The van der Waals surface area contributed by atoms with E-state index in [-0.39, 0.29) is 0 Å². The lowest BCUT2D eigenvalue weighted by Crippen LogP contribution is -2.17. The highest BCUT2D eigenvalue weighted by Crippen LogP contribution is 2.21. The zero-order valence-corrected chi connectivity index (χ0v) is 13.6. The van der Waals surface area contributed by atoms with Crippen molar-refractivity contribution in [3.8, 4) is 0 Å². The number of rotatable bonds is 4. The Morgan fingerprint density at radius 2 is 1.95 bits per heavy atom. The van der Waals surface area contributed by atoms with E-state index in [4.69, 9.17) is 4.42 Å². The van der Waals surface area contributed by atoms with Crippen LogP contribution in [-0.4, -0.2) is 11.0 Å². The minimum absolute atomic E-state index is 0.344. The first-order valence-corrected chi connectivity index (χ1v) is 7.77. The van der Waals surface area contributed by atoms with E-state index in [1.807, 2.05) is 25.1 Å². The van der Waals surface area contributed by atoms with Gasteiger partial charge in [0, 0.05) is 23.1 Å². The Labute approximate surface area is 132 Å². The minimum Gasteiger partial charge on any atom is -0.441 e. The van der Waals surface area contributed by atoms with Crippen LogP contribution in [0.2, 0.25) is 0 Å². The van der Waals surface area contributed by atoms with E-state index in [1.54, 1.807) is 0 Å². The zero-order valence-electron chi connectivity index (χ0n) is 12.1. The second-order valence-electron chi connectivity index (χ2n) is 5.29. The van der Waals surface area contributed by atoms with Crippen LogP contribution in [0.1, 0.15) is 18.4 Å². The highest BCUT2D eigenvalue weighted by atomic mass is 79.9. The summed E-state index contributed by atoms with van der Waals surface area (Å²) >= 11 is 3.46. The van der Waals surface area contributed by atoms with Gasteiger partial charge in [-0.3, -0.25) is 0 Å². The largest absolute Gasteiger partial charge is 0.441 e. The summed E-state index contributed by atoms with van der Waals surface area (Å²) < 4.78 is 6.60. The summed E-state index contributed by atoms with van der Waals surface area (Å²) in [6, 6.07) is 14.8. The molecule has 108 valence electrons. The lowest BCUT2D eigenvalue weighted by atomic mass is 10.1. The van der Waals surface area contributed by atoms with Crippen molar-refractivity contribution in [1.82, 2.24) is 4.98 Å². The van der Waals surface area contributed by atoms with Gasteiger partial charge in [-0.15, -0.1) is 0 Å². The quantitative estimate of drug-likeness (QED) is 0.728. The molecule has 1 atom stereocenters. The molecule has 0 saturated carbocycles. The van der Waals surface area contributed by atoms with Gasteiger partial charge in [-0.05, 0) is 49.2 Å². The van der Waals surface area contributed by atoms with Gasteiger partial charge in [0.1, 0.15) is 5.52 Å². The molecule has 0 amide bonds. The Hall–Kier alpha value is -1.81. The highest BCUT2D eigenvalue weighted by Gasteiger charge is 2.07. The lowest BCUT2D eigenvalue weighted by molar-refractivity contribution is 0.561. The SMILES string of the molecule is Cc1nc2cc(NC(C)Cc3ccc(Br)cc3)ccc2o1. The zero-order chi connectivity index (χ0) is 14.8. The van der Waals surface area contributed by atoms with Crippen molar-refractivity contribution in [3.05, 3.63) is 58.4 Å². The molecule has 0 saturated heterocycles. The van der Waals surface area contributed by atoms with Crippen LogP contribution in [0.3, 0.4) is 0 Å². The standard InChI is InChI=1S/C17H17BrN2O/c1-11(9-13-3-5-14(18)6-4-13)19-15-7-8-17-16(10-15)20-12(2)21-17/h3-8,10-11,19H,9H2,1-2H3. The number of oxazole rings is 1. The van der Waals surface area contributed by atoms with Gasteiger partial charge in [-0.25, -0.2) is 4.98 Å². The molecule has 0 aliphatic rings. The molecule has 0 bridgehead atoms. The second kappa shape index (κ2) is 5.90. The molecule has 0 aliphatic carbocycles. The fourth-order valence-corrected chi connectivity index (χ4v) is 2.71. The second-order valence-corrected chi connectivity index (χ2v) is 6.21. The molecule has 21 heavy (non-hydrogen) atoms. The maximum atomic E-state index is 5.49. The molecule has 3 rings (SSSR count). The Bertz CT molecular complexity index is 749. The number of hydrogen-bond acceptors (Lipinski definition) is 3. The first kappa shape index (κ1) is 14.1. The predicted molar refractivity (Wildman–Crippen MR) is 89.7 cm³/mol. The van der Waals surface area contributed by atoms with Crippen molar-refractivity contribution < 1.29 is 4.42 Å². The summed E-state index contributed by atoms with van der Waals surface area (Å²) in [7, 11) is 0. The van der Waals surface area contributed by atoms with Gasteiger partial charge in [-0.2, -0.15) is 0 Å². The Kier molecular flexibility index (Phi) is 3.97. The molecule has 0 fully saturated rings. The van der Waals surface area contributed by atoms with Crippen molar-refractivity contribution in [1.29, 1.82) is 0 Å². The summed E-state index contributed by atoms with van der Waals surface area (Å²) in [5, 5.41) is 3.51. The third kappa shape index (κ3) is 3.45. The molecular formula is C17H17BrN2O. The van der Waals surface area contributed by atoms with Crippen LogP contribution in [0, 0.1) is 6.92 Å². The van der Waals surface area contributed by atoms with Gasteiger partial charge in [0.25, 0.3) is 0 Å². The van der Waals surface area contributed by atoms with E-state index < -0.39 is 0 Å². The third-order valence-corrected chi connectivity index (χ3v) is 3.89. The number of nitrogens with one attached hydrogen (secondary N) is 1. The van der Waals surface area contributed by atoms with Gasteiger partial charge in [0.15, 0.2) is 11.5 Å². The molecular weight excluding hydrogens is 328 g/mol. The molecule has 1 N–H and O–H groups in total. The number of fused-ring (bicyclic) bond motifs is 1. The smallest absolute Gasteiger partial charge is 0.192 e. The molecule has 0 spiro atoms. The Morgan fingerprint density at radius 1 is 1.19 bits per heavy atom. The van der Waals surface area contributed by atoms with E-state index in [1.165, 1.54) is 5.56 Å². The monoisotopic (exact) mass is 344 g/mol. The molecule has 3 nitrogen and oxygen atoms in total. The summed E-state index contributed by atoms with van der Waals surface area (Å²) in [6.07, 6.45) is 0.975. The van der Waals surface area contributed by atoms with E-state index in [0.717, 1.165) is 27.7 Å². The molecule has 1 heterocycles. The average molecular weight is 345 g/mol. The van der Waals surface area contributed by atoms with Gasteiger partial charge >= 0.3 is 0 Å². The van der Waals surface area contributed by atoms with E-state index in [2.05, 4.69) is 57.4 Å². The van der Waals surface area contributed by atoms with Crippen LogP contribution >= 0.6 is 15.9 Å². The number of anilines is 1. The number of nitrogens with zero attached hydrogens (tertiary/aromatic N) is 1.